The number of hydrogen-bond donors (Lipinski definition) is 1. The molecule has 0 spiro atoms. The summed E-state index contributed by atoms with van der Waals surface area (Å²) in [5.41, 5.74) is 0. The molecular formula is C13H20F2N4O2. The van der Waals surface area contributed by atoms with Gasteiger partial charge in [0.05, 0.1) is 0 Å². The third kappa shape index (κ3) is 4.18. The minimum absolute atomic E-state index is 0.0541. The summed E-state index contributed by atoms with van der Waals surface area (Å²) in [6.45, 7) is 2.33. The Morgan fingerprint density at radius 2 is 2.14 bits per heavy atom. The van der Waals surface area contributed by atoms with Gasteiger partial charge >= 0.3 is 5.97 Å². The van der Waals surface area contributed by atoms with Gasteiger partial charge in [0.2, 0.25) is 5.92 Å². The van der Waals surface area contributed by atoms with E-state index in [0.717, 1.165) is 0 Å². The average molecular weight is 302 g/mol. The second-order valence-corrected chi connectivity index (χ2v) is 5.72. The van der Waals surface area contributed by atoms with E-state index in [1.54, 1.807) is 4.68 Å². The van der Waals surface area contributed by atoms with E-state index in [1.807, 2.05) is 6.92 Å². The molecule has 1 aliphatic rings. The quantitative estimate of drug-likeness (QED) is 0.873. The molecule has 2 rings (SSSR count). The van der Waals surface area contributed by atoms with Gasteiger partial charge in [-0.25, -0.2) is 13.5 Å². The van der Waals surface area contributed by atoms with Crippen LogP contribution in [0.5, 0.6) is 0 Å². The zero-order valence-electron chi connectivity index (χ0n) is 12.0. The topological polar surface area (TPSA) is 80.9 Å². The molecule has 1 N–H and O–H groups in total. The lowest BCUT2D eigenvalue weighted by Gasteiger charge is -2.27. The summed E-state index contributed by atoms with van der Waals surface area (Å²) < 4.78 is 28.0. The van der Waals surface area contributed by atoms with Crippen LogP contribution in [0.15, 0.2) is 0 Å². The van der Waals surface area contributed by atoms with Crippen molar-refractivity contribution in [2.45, 2.75) is 63.8 Å². The number of alkyl halides is 2. The first-order valence-corrected chi connectivity index (χ1v) is 7.27. The van der Waals surface area contributed by atoms with Crippen LogP contribution in [-0.4, -0.2) is 37.2 Å². The van der Waals surface area contributed by atoms with Crippen LogP contribution in [0.1, 0.15) is 57.2 Å². The SMILES string of the molecule is CCC(CC(=O)O)Cn1nnnc1C1CCC(F)(F)CC1. The van der Waals surface area contributed by atoms with Gasteiger partial charge in [-0.15, -0.1) is 5.10 Å². The molecule has 1 heterocycles. The molecule has 6 nitrogen and oxygen atoms in total. The lowest BCUT2D eigenvalue weighted by Crippen LogP contribution is -2.26. The number of rotatable bonds is 6. The van der Waals surface area contributed by atoms with Crippen molar-refractivity contribution in [3.05, 3.63) is 5.82 Å². The van der Waals surface area contributed by atoms with E-state index >= 15 is 0 Å². The number of aromatic nitrogens is 4. The zero-order chi connectivity index (χ0) is 15.5. The number of carbonyl (C=O) groups is 1. The minimum atomic E-state index is -2.58. The van der Waals surface area contributed by atoms with Gasteiger partial charge in [0, 0.05) is 31.7 Å². The van der Waals surface area contributed by atoms with Crippen molar-refractivity contribution in [3.8, 4) is 0 Å². The van der Waals surface area contributed by atoms with Gasteiger partial charge in [-0.2, -0.15) is 0 Å². The second-order valence-electron chi connectivity index (χ2n) is 5.72. The zero-order valence-corrected chi connectivity index (χ0v) is 12.0. The number of hydrogen-bond acceptors (Lipinski definition) is 4. The van der Waals surface area contributed by atoms with Crippen molar-refractivity contribution >= 4 is 5.97 Å². The fourth-order valence-electron chi connectivity index (χ4n) is 2.76. The minimum Gasteiger partial charge on any atom is -0.481 e. The highest BCUT2D eigenvalue weighted by Crippen LogP contribution is 2.40. The maximum atomic E-state index is 13.2. The molecule has 8 heteroatoms. The number of tetrazole rings is 1. The summed E-state index contributed by atoms with van der Waals surface area (Å²) in [6, 6.07) is 0. The second kappa shape index (κ2) is 6.44. The Morgan fingerprint density at radius 1 is 1.48 bits per heavy atom. The van der Waals surface area contributed by atoms with Gasteiger partial charge in [-0.05, 0) is 29.2 Å². The van der Waals surface area contributed by atoms with Crippen molar-refractivity contribution in [3.63, 3.8) is 0 Å². The van der Waals surface area contributed by atoms with Crippen LogP contribution in [0.3, 0.4) is 0 Å². The molecule has 0 saturated heterocycles. The van der Waals surface area contributed by atoms with E-state index in [4.69, 9.17) is 5.11 Å². The maximum Gasteiger partial charge on any atom is 0.303 e. The summed E-state index contributed by atoms with van der Waals surface area (Å²) >= 11 is 0. The monoisotopic (exact) mass is 302 g/mol. The number of carboxylic acids is 1. The summed E-state index contributed by atoms with van der Waals surface area (Å²) in [6.07, 6.45) is 1.20. The Labute approximate surface area is 121 Å². The van der Waals surface area contributed by atoms with Crippen LogP contribution in [0.2, 0.25) is 0 Å². The summed E-state index contributed by atoms with van der Waals surface area (Å²) in [5, 5.41) is 20.4. The predicted molar refractivity (Wildman–Crippen MR) is 70.0 cm³/mol. The van der Waals surface area contributed by atoms with Gasteiger partial charge in [0.15, 0.2) is 5.82 Å². The normalized spacial score (nSPS) is 20.3. The summed E-state index contributed by atoms with van der Waals surface area (Å²) in [7, 11) is 0. The number of aliphatic carboxylic acids is 1. The molecule has 0 aromatic carbocycles. The number of carboxylic acid groups (broad SMARTS) is 1. The third-order valence-electron chi connectivity index (χ3n) is 4.11. The van der Waals surface area contributed by atoms with Crippen LogP contribution in [-0.2, 0) is 11.3 Å². The molecule has 1 fully saturated rings. The Balaban J connectivity index is 2.03. The highest BCUT2D eigenvalue weighted by molar-refractivity contribution is 5.66. The summed E-state index contributed by atoms with van der Waals surface area (Å²) in [4.78, 5) is 10.8. The van der Waals surface area contributed by atoms with Gasteiger partial charge in [-0.1, -0.05) is 13.3 Å². The first kappa shape index (κ1) is 15.8. The lowest BCUT2D eigenvalue weighted by molar-refractivity contribution is -0.138. The molecule has 0 bridgehead atoms. The smallest absolute Gasteiger partial charge is 0.303 e. The van der Waals surface area contributed by atoms with Crippen molar-refractivity contribution in [1.82, 2.24) is 20.2 Å². The van der Waals surface area contributed by atoms with E-state index < -0.39 is 11.9 Å². The highest BCUT2D eigenvalue weighted by atomic mass is 19.3. The standard InChI is InChI=1S/C13H20F2N4O2/c1-2-9(7-11(20)21)8-19-12(16-17-18-19)10-3-5-13(14,15)6-4-10/h9-10H,2-8H2,1H3,(H,20,21). The predicted octanol–water partition coefficient (Wildman–Crippen LogP) is 2.47. The van der Waals surface area contributed by atoms with Crippen LogP contribution in [0, 0.1) is 5.92 Å². The first-order chi connectivity index (χ1) is 9.91. The van der Waals surface area contributed by atoms with Crippen LogP contribution in [0.25, 0.3) is 0 Å². The Hall–Kier alpha value is -1.60. The average Bonchev–Trinajstić information content (AvgIpc) is 2.85. The van der Waals surface area contributed by atoms with E-state index in [1.165, 1.54) is 0 Å². The Kier molecular flexibility index (Phi) is 4.84. The number of nitrogens with zero attached hydrogens (tertiary/aromatic N) is 4. The Morgan fingerprint density at radius 3 is 2.71 bits per heavy atom. The number of halogens is 2. The lowest BCUT2D eigenvalue weighted by atomic mass is 9.86. The third-order valence-corrected chi connectivity index (χ3v) is 4.11. The maximum absolute atomic E-state index is 13.2. The molecule has 118 valence electrons. The molecule has 1 saturated carbocycles. The molecule has 0 amide bonds. The molecule has 21 heavy (non-hydrogen) atoms. The molecule has 1 aromatic rings. The van der Waals surface area contributed by atoms with Gasteiger partial charge in [0.25, 0.3) is 0 Å². The van der Waals surface area contributed by atoms with Crippen molar-refractivity contribution < 1.29 is 18.7 Å². The highest BCUT2D eigenvalue weighted by Gasteiger charge is 2.37. The van der Waals surface area contributed by atoms with Gasteiger partial charge in [0.1, 0.15) is 0 Å². The van der Waals surface area contributed by atoms with E-state index in [-0.39, 0.29) is 31.1 Å². The van der Waals surface area contributed by atoms with Crippen LogP contribution >= 0.6 is 0 Å². The first-order valence-electron chi connectivity index (χ1n) is 7.27. The van der Waals surface area contributed by atoms with Crippen LogP contribution in [0.4, 0.5) is 8.78 Å². The fraction of sp³-hybridized carbons (Fsp3) is 0.846. The van der Waals surface area contributed by atoms with Gasteiger partial charge < -0.3 is 5.11 Å². The van der Waals surface area contributed by atoms with E-state index in [0.29, 0.717) is 31.6 Å². The summed E-state index contributed by atoms with van der Waals surface area (Å²) in [5.74, 6) is -2.95. The fourth-order valence-corrected chi connectivity index (χ4v) is 2.76. The Bertz CT molecular complexity index is 482. The molecule has 0 radical (unpaired) electrons. The largest absolute Gasteiger partial charge is 0.481 e. The molecule has 1 atom stereocenters. The molecule has 1 unspecified atom stereocenters. The molecular weight excluding hydrogens is 282 g/mol. The van der Waals surface area contributed by atoms with E-state index in [2.05, 4.69) is 15.5 Å². The molecule has 1 aromatic heterocycles. The molecule has 0 aliphatic heterocycles. The van der Waals surface area contributed by atoms with Crippen molar-refractivity contribution in [2.24, 2.45) is 5.92 Å². The van der Waals surface area contributed by atoms with Crippen LogP contribution < -0.4 is 0 Å². The van der Waals surface area contributed by atoms with Crippen molar-refractivity contribution in [1.29, 1.82) is 0 Å². The van der Waals surface area contributed by atoms with Gasteiger partial charge in [-0.3, -0.25) is 4.79 Å². The van der Waals surface area contributed by atoms with Crippen molar-refractivity contribution in [2.75, 3.05) is 0 Å². The molecule has 1 aliphatic carbocycles. The van der Waals surface area contributed by atoms with E-state index in [9.17, 15) is 13.6 Å².